The highest BCUT2D eigenvalue weighted by Gasteiger charge is 2.27. The lowest BCUT2D eigenvalue weighted by Crippen LogP contribution is -2.38. The van der Waals surface area contributed by atoms with Gasteiger partial charge in [-0.3, -0.25) is 18.5 Å². The average Bonchev–Trinajstić information content (AvgIpc) is 3.17. The maximum atomic E-state index is 13.6. The zero-order valence-corrected chi connectivity index (χ0v) is 22.0. The molecule has 0 bridgehead atoms. The monoisotopic (exact) mass is 527 g/mol. The maximum absolute atomic E-state index is 13.6. The summed E-state index contributed by atoms with van der Waals surface area (Å²) in [5, 5.41) is 2.78. The van der Waals surface area contributed by atoms with Gasteiger partial charge in [0.2, 0.25) is 5.91 Å². The number of hydrogen-bond acceptors (Lipinski definition) is 6. The van der Waals surface area contributed by atoms with E-state index in [4.69, 9.17) is 0 Å². The second-order valence-electron chi connectivity index (χ2n) is 7.87. The van der Waals surface area contributed by atoms with E-state index >= 15 is 0 Å². The molecule has 0 unspecified atom stereocenters. The minimum atomic E-state index is -4.00. The van der Waals surface area contributed by atoms with Gasteiger partial charge in [0, 0.05) is 17.1 Å². The van der Waals surface area contributed by atoms with E-state index in [0.29, 0.717) is 17.9 Å². The molecule has 0 radical (unpaired) electrons. The van der Waals surface area contributed by atoms with Crippen molar-refractivity contribution < 1.29 is 13.2 Å². The average molecular weight is 528 g/mol. The van der Waals surface area contributed by atoms with Crippen LogP contribution in [0, 0.1) is 6.92 Å². The van der Waals surface area contributed by atoms with Crippen LogP contribution in [0.15, 0.2) is 81.3 Å². The van der Waals surface area contributed by atoms with Crippen molar-refractivity contribution in [3.05, 3.63) is 82.0 Å². The third-order valence-electron chi connectivity index (χ3n) is 5.52. The molecule has 7 nitrogen and oxygen atoms in total. The number of sulfonamides is 1. The van der Waals surface area contributed by atoms with Gasteiger partial charge < -0.3 is 5.32 Å². The third-order valence-corrected chi connectivity index (χ3v) is 9.00. The molecule has 0 spiro atoms. The van der Waals surface area contributed by atoms with Crippen LogP contribution in [0.3, 0.4) is 0 Å². The van der Waals surface area contributed by atoms with Crippen LogP contribution in [0.4, 0.5) is 11.4 Å². The molecule has 0 fully saturated rings. The van der Waals surface area contributed by atoms with Gasteiger partial charge in [0.1, 0.15) is 6.54 Å². The Kier molecular flexibility index (Phi) is 7.34. The smallest absolute Gasteiger partial charge is 0.308 e. The molecule has 0 aliphatic heterocycles. The largest absolute Gasteiger partial charge is 0.324 e. The van der Waals surface area contributed by atoms with E-state index in [1.807, 2.05) is 20.1 Å². The number of benzene rings is 3. The number of anilines is 2. The number of carbonyl (C=O) groups is 1. The fourth-order valence-electron chi connectivity index (χ4n) is 3.68. The number of amides is 1. The normalized spacial score (nSPS) is 11.5. The molecule has 4 rings (SSSR count). The van der Waals surface area contributed by atoms with Crippen LogP contribution in [0.1, 0.15) is 12.5 Å². The quantitative estimate of drug-likeness (QED) is 0.328. The van der Waals surface area contributed by atoms with E-state index in [1.165, 1.54) is 11.8 Å². The number of rotatable bonds is 8. The summed E-state index contributed by atoms with van der Waals surface area (Å²) in [6.45, 7) is 3.97. The summed E-state index contributed by atoms with van der Waals surface area (Å²) >= 11 is 2.63. The van der Waals surface area contributed by atoms with Gasteiger partial charge in [-0.2, -0.15) is 0 Å². The van der Waals surface area contributed by atoms with Gasteiger partial charge in [-0.15, -0.1) is 11.8 Å². The maximum Gasteiger partial charge on any atom is 0.308 e. The summed E-state index contributed by atoms with van der Waals surface area (Å²) in [5.41, 5.74) is 2.68. The number of nitrogens with one attached hydrogen (secondary N) is 1. The molecule has 0 aliphatic carbocycles. The van der Waals surface area contributed by atoms with E-state index in [1.54, 1.807) is 71.3 Å². The van der Waals surface area contributed by atoms with Crippen LogP contribution in [-0.2, 0) is 21.4 Å². The van der Waals surface area contributed by atoms with Crippen molar-refractivity contribution in [1.82, 2.24) is 4.57 Å². The highest BCUT2D eigenvalue weighted by Crippen LogP contribution is 2.27. The van der Waals surface area contributed by atoms with Crippen LogP contribution >= 0.6 is 23.1 Å². The summed E-state index contributed by atoms with van der Waals surface area (Å²) in [6.07, 6.45) is 1.92. The van der Waals surface area contributed by atoms with Gasteiger partial charge in [-0.25, -0.2) is 8.42 Å². The van der Waals surface area contributed by atoms with Gasteiger partial charge in [-0.05, 0) is 74.7 Å². The van der Waals surface area contributed by atoms with Gasteiger partial charge >= 0.3 is 4.87 Å². The molecule has 35 heavy (non-hydrogen) atoms. The first-order chi connectivity index (χ1) is 16.7. The fraction of sp³-hybridized carbons (Fsp3) is 0.200. The van der Waals surface area contributed by atoms with Crippen molar-refractivity contribution in [3.63, 3.8) is 0 Å². The molecular formula is C25H25N3O4S3. The molecule has 182 valence electrons. The predicted molar refractivity (Wildman–Crippen MR) is 144 cm³/mol. The molecule has 0 atom stereocenters. The van der Waals surface area contributed by atoms with E-state index in [9.17, 15) is 18.0 Å². The number of thiazole rings is 1. The Hall–Kier alpha value is -3.08. The van der Waals surface area contributed by atoms with Crippen molar-refractivity contribution in [2.24, 2.45) is 0 Å². The number of carbonyl (C=O) groups excluding carboxylic acids is 1. The number of nitrogens with zero attached hydrogens (tertiary/aromatic N) is 2. The zero-order chi connectivity index (χ0) is 25.2. The van der Waals surface area contributed by atoms with E-state index in [0.717, 1.165) is 36.3 Å². The molecule has 4 aromatic rings. The SMILES string of the molecule is CCn1c(=O)sc2cc(NC(=O)CN(c3ccc(C)cc3)S(=O)(=O)c3ccc(SC)cc3)ccc21. The number of aromatic nitrogens is 1. The van der Waals surface area contributed by atoms with Crippen LogP contribution in [0.5, 0.6) is 0 Å². The van der Waals surface area contributed by atoms with Crippen molar-refractivity contribution in [3.8, 4) is 0 Å². The first-order valence-electron chi connectivity index (χ1n) is 10.9. The standard InChI is InChI=1S/C25H25N3O4S3/c1-4-27-22-14-7-18(15-23(22)34-25(27)30)26-24(29)16-28(19-8-5-17(2)6-9-19)35(31,32)21-12-10-20(33-3)11-13-21/h5-15H,4,16H2,1-3H3,(H,26,29). The molecule has 1 heterocycles. The number of fused-ring (bicyclic) bond motifs is 1. The van der Waals surface area contributed by atoms with Crippen LogP contribution in [0.25, 0.3) is 10.2 Å². The number of hydrogen-bond donors (Lipinski definition) is 1. The van der Waals surface area contributed by atoms with Crippen LogP contribution < -0.4 is 14.5 Å². The Bertz CT molecular complexity index is 1520. The number of thioether (sulfide) groups is 1. The minimum absolute atomic E-state index is 0.0601. The molecule has 3 aromatic carbocycles. The molecule has 1 amide bonds. The summed E-state index contributed by atoms with van der Waals surface area (Å²) in [6, 6.07) is 18.8. The molecule has 1 N–H and O–H groups in total. The Morgan fingerprint density at radius 1 is 1.06 bits per heavy atom. The highest BCUT2D eigenvalue weighted by molar-refractivity contribution is 7.98. The number of aryl methyl sites for hydroxylation is 2. The van der Waals surface area contributed by atoms with E-state index < -0.39 is 22.5 Å². The molecule has 1 aromatic heterocycles. The predicted octanol–water partition coefficient (Wildman–Crippen LogP) is 4.95. The Balaban J connectivity index is 1.64. The Labute approximate surface area is 212 Å². The van der Waals surface area contributed by atoms with Crippen molar-refractivity contribution >= 4 is 60.6 Å². The van der Waals surface area contributed by atoms with Gasteiger partial charge in [0.05, 0.1) is 20.8 Å². The summed E-state index contributed by atoms with van der Waals surface area (Å²) in [4.78, 5) is 26.1. The fourth-order valence-corrected chi connectivity index (χ4v) is 6.50. The Morgan fingerprint density at radius 3 is 2.37 bits per heavy atom. The van der Waals surface area contributed by atoms with Crippen molar-refractivity contribution in [2.45, 2.75) is 30.2 Å². The lowest BCUT2D eigenvalue weighted by Gasteiger charge is -2.24. The topological polar surface area (TPSA) is 88.5 Å². The second-order valence-corrected chi connectivity index (χ2v) is 11.6. The van der Waals surface area contributed by atoms with E-state index in [2.05, 4.69) is 5.32 Å². The van der Waals surface area contributed by atoms with Crippen molar-refractivity contribution in [1.29, 1.82) is 0 Å². The minimum Gasteiger partial charge on any atom is -0.324 e. The zero-order valence-electron chi connectivity index (χ0n) is 19.5. The molecule has 10 heteroatoms. The van der Waals surface area contributed by atoms with Gasteiger partial charge in [0.25, 0.3) is 10.0 Å². The lowest BCUT2D eigenvalue weighted by atomic mass is 10.2. The highest BCUT2D eigenvalue weighted by atomic mass is 32.2. The summed E-state index contributed by atoms with van der Waals surface area (Å²) in [7, 11) is -4.00. The molecule has 0 saturated carbocycles. The van der Waals surface area contributed by atoms with Crippen molar-refractivity contribution in [2.75, 3.05) is 22.4 Å². The first-order valence-corrected chi connectivity index (χ1v) is 14.4. The molecule has 0 saturated heterocycles. The summed E-state index contributed by atoms with van der Waals surface area (Å²) in [5.74, 6) is -0.489. The molecule has 0 aliphatic rings. The van der Waals surface area contributed by atoms with E-state index in [-0.39, 0.29) is 9.77 Å². The van der Waals surface area contributed by atoms with Crippen LogP contribution in [-0.4, -0.2) is 31.7 Å². The lowest BCUT2D eigenvalue weighted by molar-refractivity contribution is -0.114. The first kappa shape index (κ1) is 25.0. The second kappa shape index (κ2) is 10.3. The van der Waals surface area contributed by atoms with Crippen LogP contribution in [0.2, 0.25) is 0 Å². The summed E-state index contributed by atoms with van der Waals surface area (Å²) < 4.78 is 30.6. The Morgan fingerprint density at radius 2 is 1.74 bits per heavy atom. The molecular weight excluding hydrogens is 502 g/mol. The van der Waals surface area contributed by atoms with Gasteiger partial charge in [-0.1, -0.05) is 29.0 Å². The third kappa shape index (κ3) is 5.29. The van der Waals surface area contributed by atoms with Gasteiger partial charge in [0.15, 0.2) is 0 Å².